The topological polar surface area (TPSA) is 51.2 Å². The molecule has 3 nitrogen and oxygen atoms in total. The summed E-state index contributed by atoms with van der Waals surface area (Å²) in [6.45, 7) is 2.16. The van der Waals surface area contributed by atoms with Crippen molar-refractivity contribution in [3.8, 4) is 0 Å². The van der Waals surface area contributed by atoms with E-state index in [1.807, 2.05) is 36.4 Å². The minimum absolute atomic E-state index is 0.376. The molecule has 19 heavy (non-hydrogen) atoms. The van der Waals surface area contributed by atoms with Crippen LogP contribution < -0.4 is 11.1 Å². The van der Waals surface area contributed by atoms with Crippen LogP contribution >= 0.6 is 12.2 Å². The van der Waals surface area contributed by atoms with Gasteiger partial charge in [0.15, 0.2) is 0 Å². The van der Waals surface area contributed by atoms with E-state index in [0.29, 0.717) is 11.0 Å². The predicted octanol–water partition coefficient (Wildman–Crippen LogP) is 3.35. The van der Waals surface area contributed by atoms with Crippen LogP contribution in [-0.4, -0.2) is 11.0 Å². The van der Waals surface area contributed by atoms with E-state index in [9.17, 15) is 0 Å². The third kappa shape index (κ3) is 4.10. The number of hydrogen-bond donors (Lipinski definition) is 2. The molecule has 4 heteroatoms. The van der Waals surface area contributed by atoms with Crippen LogP contribution in [0, 0.1) is 0 Å². The maximum atomic E-state index is 5.57. The van der Waals surface area contributed by atoms with Crippen molar-refractivity contribution in [2.45, 2.75) is 25.8 Å². The van der Waals surface area contributed by atoms with Crippen LogP contribution in [0.2, 0.25) is 0 Å². The summed E-state index contributed by atoms with van der Waals surface area (Å²) in [5.41, 5.74) is 7.54. The minimum Gasteiger partial charge on any atom is -0.469 e. The van der Waals surface area contributed by atoms with Gasteiger partial charge in [0, 0.05) is 23.7 Å². The monoisotopic (exact) mass is 274 g/mol. The Morgan fingerprint density at radius 2 is 2.05 bits per heavy atom. The summed E-state index contributed by atoms with van der Waals surface area (Å²) < 4.78 is 5.32. The Hall–Kier alpha value is -1.81. The van der Waals surface area contributed by atoms with Gasteiger partial charge in [-0.15, -0.1) is 0 Å². The Balaban J connectivity index is 1.84. The molecule has 0 radical (unpaired) electrons. The van der Waals surface area contributed by atoms with E-state index in [1.165, 1.54) is 0 Å². The zero-order chi connectivity index (χ0) is 13.7. The molecule has 2 aromatic rings. The summed E-state index contributed by atoms with van der Waals surface area (Å²) in [4.78, 5) is 0.428. The van der Waals surface area contributed by atoms with E-state index in [-0.39, 0.29) is 0 Å². The van der Waals surface area contributed by atoms with Crippen LogP contribution in [0.15, 0.2) is 47.1 Å². The molecule has 100 valence electrons. The molecular weight excluding hydrogens is 256 g/mol. The lowest BCUT2D eigenvalue weighted by atomic mass is 10.1. The number of thiocarbonyl (C=S) groups is 1. The third-order valence-electron chi connectivity index (χ3n) is 2.99. The summed E-state index contributed by atoms with van der Waals surface area (Å²) in [5.74, 6) is 1.03. The second-order valence-electron chi connectivity index (χ2n) is 4.61. The van der Waals surface area contributed by atoms with Crippen LogP contribution in [0.25, 0.3) is 0 Å². The highest BCUT2D eigenvalue weighted by atomic mass is 32.1. The number of aryl methyl sites for hydroxylation is 1. The maximum absolute atomic E-state index is 5.57. The fraction of sp³-hybridized carbons (Fsp3) is 0.267. The zero-order valence-corrected chi connectivity index (χ0v) is 11.7. The molecule has 0 aliphatic heterocycles. The highest BCUT2D eigenvalue weighted by molar-refractivity contribution is 7.80. The zero-order valence-electron chi connectivity index (χ0n) is 10.9. The molecule has 2 rings (SSSR count). The van der Waals surface area contributed by atoms with Crippen LogP contribution in [-0.2, 0) is 6.42 Å². The fourth-order valence-corrected chi connectivity index (χ4v) is 2.04. The molecule has 0 spiro atoms. The molecule has 0 aliphatic rings. The van der Waals surface area contributed by atoms with Gasteiger partial charge in [-0.1, -0.05) is 12.2 Å². The van der Waals surface area contributed by atoms with Gasteiger partial charge in [-0.25, -0.2) is 0 Å². The third-order valence-corrected chi connectivity index (χ3v) is 3.22. The summed E-state index contributed by atoms with van der Waals surface area (Å²) >= 11 is 4.93. The van der Waals surface area contributed by atoms with Crippen LogP contribution in [0.4, 0.5) is 5.69 Å². The number of nitrogens with one attached hydrogen (secondary N) is 1. The lowest BCUT2D eigenvalue weighted by Crippen LogP contribution is -2.16. The standard InChI is InChI=1S/C15H18N2OS/c1-11(4-9-14-3-2-10-18-14)17-13-7-5-12(6-8-13)15(16)19/h2-3,5-8,10-11,17H,4,9H2,1H3,(H2,16,19). The molecule has 1 heterocycles. The average Bonchev–Trinajstić information content (AvgIpc) is 2.90. The number of furan rings is 1. The first kappa shape index (κ1) is 13.6. The van der Waals surface area contributed by atoms with Crippen molar-refractivity contribution in [2.75, 3.05) is 5.32 Å². The average molecular weight is 274 g/mol. The second kappa shape index (κ2) is 6.38. The molecule has 3 N–H and O–H groups in total. The van der Waals surface area contributed by atoms with Crippen molar-refractivity contribution in [1.29, 1.82) is 0 Å². The number of nitrogens with two attached hydrogens (primary N) is 1. The molecule has 0 amide bonds. The van der Waals surface area contributed by atoms with Gasteiger partial charge in [-0.05, 0) is 49.7 Å². The number of anilines is 1. The van der Waals surface area contributed by atoms with Gasteiger partial charge in [0.2, 0.25) is 0 Å². The first-order valence-electron chi connectivity index (χ1n) is 6.34. The fourth-order valence-electron chi connectivity index (χ4n) is 1.90. The van der Waals surface area contributed by atoms with Crippen molar-refractivity contribution in [3.05, 3.63) is 54.0 Å². The first-order valence-corrected chi connectivity index (χ1v) is 6.75. The van der Waals surface area contributed by atoms with E-state index < -0.39 is 0 Å². The van der Waals surface area contributed by atoms with E-state index in [0.717, 1.165) is 29.9 Å². The number of hydrogen-bond acceptors (Lipinski definition) is 3. The summed E-state index contributed by atoms with van der Waals surface area (Å²) in [7, 11) is 0. The van der Waals surface area contributed by atoms with E-state index in [4.69, 9.17) is 22.4 Å². The second-order valence-corrected chi connectivity index (χ2v) is 5.04. The Labute approximate surface area is 118 Å². The Kier molecular flexibility index (Phi) is 4.58. The number of benzene rings is 1. The highest BCUT2D eigenvalue weighted by Gasteiger charge is 2.04. The van der Waals surface area contributed by atoms with Crippen molar-refractivity contribution < 1.29 is 4.42 Å². The first-order chi connectivity index (χ1) is 9.15. The van der Waals surface area contributed by atoms with Gasteiger partial charge in [0.1, 0.15) is 10.7 Å². The summed E-state index contributed by atoms with van der Waals surface area (Å²) in [6.07, 6.45) is 3.67. The molecule has 0 bridgehead atoms. The van der Waals surface area contributed by atoms with Gasteiger partial charge < -0.3 is 15.5 Å². The van der Waals surface area contributed by atoms with E-state index in [1.54, 1.807) is 6.26 Å². The molecule has 1 unspecified atom stereocenters. The smallest absolute Gasteiger partial charge is 0.103 e. The van der Waals surface area contributed by atoms with Gasteiger partial charge in [-0.2, -0.15) is 0 Å². The highest BCUT2D eigenvalue weighted by Crippen LogP contribution is 2.13. The normalized spacial score (nSPS) is 12.1. The van der Waals surface area contributed by atoms with Crippen LogP contribution in [0.3, 0.4) is 0 Å². The SMILES string of the molecule is CC(CCc1ccco1)Nc1ccc(C(N)=S)cc1. The van der Waals surface area contributed by atoms with Crippen molar-refractivity contribution in [3.63, 3.8) is 0 Å². The summed E-state index contributed by atoms with van der Waals surface area (Å²) in [5, 5.41) is 3.44. The lowest BCUT2D eigenvalue weighted by Gasteiger charge is -2.14. The predicted molar refractivity (Wildman–Crippen MR) is 82.4 cm³/mol. The number of rotatable bonds is 6. The summed E-state index contributed by atoms with van der Waals surface area (Å²) in [6, 6.07) is 12.2. The van der Waals surface area contributed by atoms with Crippen molar-refractivity contribution in [1.82, 2.24) is 0 Å². The van der Waals surface area contributed by atoms with Crippen molar-refractivity contribution in [2.24, 2.45) is 5.73 Å². The van der Waals surface area contributed by atoms with Crippen molar-refractivity contribution >= 4 is 22.9 Å². The molecular formula is C15H18N2OS. The molecule has 0 saturated carbocycles. The molecule has 0 fully saturated rings. The van der Waals surface area contributed by atoms with Gasteiger partial charge in [0.25, 0.3) is 0 Å². The van der Waals surface area contributed by atoms with Gasteiger partial charge in [0.05, 0.1) is 6.26 Å². The Bertz CT molecular complexity index is 520. The van der Waals surface area contributed by atoms with E-state index in [2.05, 4.69) is 12.2 Å². The molecule has 1 atom stereocenters. The lowest BCUT2D eigenvalue weighted by molar-refractivity contribution is 0.495. The molecule has 0 saturated heterocycles. The van der Waals surface area contributed by atoms with Gasteiger partial charge >= 0.3 is 0 Å². The Morgan fingerprint density at radius 3 is 2.63 bits per heavy atom. The maximum Gasteiger partial charge on any atom is 0.103 e. The van der Waals surface area contributed by atoms with Crippen LogP contribution in [0.5, 0.6) is 0 Å². The quantitative estimate of drug-likeness (QED) is 0.793. The Morgan fingerprint density at radius 1 is 1.32 bits per heavy atom. The molecule has 1 aromatic carbocycles. The van der Waals surface area contributed by atoms with Crippen LogP contribution in [0.1, 0.15) is 24.7 Å². The van der Waals surface area contributed by atoms with Gasteiger partial charge in [-0.3, -0.25) is 0 Å². The molecule has 0 aliphatic carbocycles. The minimum atomic E-state index is 0.376. The molecule has 1 aromatic heterocycles. The van der Waals surface area contributed by atoms with E-state index >= 15 is 0 Å². The largest absolute Gasteiger partial charge is 0.469 e.